The van der Waals surface area contributed by atoms with Gasteiger partial charge in [-0.2, -0.15) is 5.10 Å². The summed E-state index contributed by atoms with van der Waals surface area (Å²) in [6.45, 7) is 2.80. The van der Waals surface area contributed by atoms with Gasteiger partial charge in [0.1, 0.15) is 0 Å². The number of anilines is 1. The van der Waals surface area contributed by atoms with Crippen LogP contribution in [0.15, 0.2) is 73.1 Å². The van der Waals surface area contributed by atoms with E-state index < -0.39 is 0 Å². The first-order chi connectivity index (χ1) is 13.3. The van der Waals surface area contributed by atoms with Crippen LogP contribution in [0.3, 0.4) is 0 Å². The van der Waals surface area contributed by atoms with E-state index in [1.165, 1.54) is 18.5 Å². The molecule has 2 aromatic carbocycles. The van der Waals surface area contributed by atoms with Crippen molar-refractivity contribution in [2.75, 3.05) is 18.0 Å². The maximum Gasteiger partial charge on any atom is 0.251 e. The number of rotatable bonds is 6. The molecule has 1 N–H and O–H groups in total. The lowest BCUT2D eigenvalue weighted by molar-refractivity contribution is 0.0932. The van der Waals surface area contributed by atoms with Crippen molar-refractivity contribution >= 4 is 11.6 Å². The molecule has 4 rings (SSSR count). The standard InChI is InChI=1S/C22H24N4O/c27-22(19-9-11-20(12-10-19)25-14-4-5-15-25)24-21(17-26-16-6-13-23-26)18-7-2-1-3-8-18/h1-3,6-13,16,21H,4-5,14-15,17H2,(H,24,27)/t21-/m0/s1. The quantitative estimate of drug-likeness (QED) is 0.730. The Kier molecular flexibility index (Phi) is 5.19. The van der Waals surface area contributed by atoms with Crippen LogP contribution in [0.4, 0.5) is 5.69 Å². The number of carbonyl (C=O) groups is 1. The lowest BCUT2D eigenvalue weighted by Crippen LogP contribution is -2.31. The van der Waals surface area contributed by atoms with Crippen LogP contribution in [0, 0.1) is 0 Å². The Morgan fingerprint density at radius 2 is 1.74 bits per heavy atom. The van der Waals surface area contributed by atoms with Gasteiger partial charge in [0.25, 0.3) is 5.91 Å². The molecule has 0 unspecified atom stereocenters. The van der Waals surface area contributed by atoms with Crippen LogP contribution in [0.25, 0.3) is 0 Å². The summed E-state index contributed by atoms with van der Waals surface area (Å²) in [6.07, 6.45) is 6.15. The fraction of sp³-hybridized carbons (Fsp3) is 0.273. The maximum absolute atomic E-state index is 12.8. The van der Waals surface area contributed by atoms with Crippen LogP contribution in [0.5, 0.6) is 0 Å². The summed E-state index contributed by atoms with van der Waals surface area (Å²) in [7, 11) is 0. The van der Waals surface area contributed by atoms with Crippen molar-refractivity contribution < 1.29 is 4.79 Å². The fourth-order valence-electron chi connectivity index (χ4n) is 3.56. The molecular formula is C22H24N4O. The number of hydrogen-bond donors (Lipinski definition) is 1. The smallest absolute Gasteiger partial charge is 0.251 e. The first-order valence-electron chi connectivity index (χ1n) is 9.48. The Morgan fingerprint density at radius 3 is 2.41 bits per heavy atom. The van der Waals surface area contributed by atoms with Crippen LogP contribution in [0.1, 0.15) is 34.8 Å². The molecule has 1 aromatic heterocycles. The molecule has 1 aliphatic rings. The Bertz CT molecular complexity index is 853. The molecular weight excluding hydrogens is 336 g/mol. The second kappa shape index (κ2) is 8.08. The molecule has 5 heteroatoms. The highest BCUT2D eigenvalue weighted by Crippen LogP contribution is 2.21. The third-order valence-electron chi connectivity index (χ3n) is 5.04. The van der Waals surface area contributed by atoms with E-state index in [0.29, 0.717) is 12.1 Å². The zero-order chi connectivity index (χ0) is 18.5. The van der Waals surface area contributed by atoms with Crippen LogP contribution in [-0.2, 0) is 6.54 Å². The van der Waals surface area contributed by atoms with Gasteiger partial charge in [0.05, 0.1) is 12.6 Å². The summed E-state index contributed by atoms with van der Waals surface area (Å²) >= 11 is 0. The predicted molar refractivity (Wildman–Crippen MR) is 107 cm³/mol. The molecule has 0 radical (unpaired) electrons. The molecule has 0 bridgehead atoms. The van der Waals surface area contributed by atoms with Crippen LogP contribution in [-0.4, -0.2) is 28.8 Å². The monoisotopic (exact) mass is 360 g/mol. The molecule has 0 saturated carbocycles. The highest BCUT2D eigenvalue weighted by atomic mass is 16.1. The SMILES string of the molecule is O=C(N[C@@H](Cn1cccn1)c1ccccc1)c1ccc(N2CCCC2)cc1. The molecule has 27 heavy (non-hydrogen) atoms. The van der Waals surface area contributed by atoms with E-state index in [1.807, 2.05) is 71.5 Å². The van der Waals surface area contributed by atoms with Crippen molar-refractivity contribution in [3.63, 3.8) is 0 Å². The minimum atomic E-state index is -0.142. The van der Waals surface area contributed by atoms with E-state index in [2.05, 4.69) is 15.3 Å². The Morgan fingerprint density at radius 1 is 1.00 bits per heavy atom. The second-order valence-electron chi connectivity index (χ2n) is 6.91. The normalized spacial score (nSPS) is 14.9. The number of hydrogen-bond acceptors (Lipinski definition) is 3. The number of nitrogens with zero attached hydrogens (tertiary/aromatic N) is 3. The van der Waals surface area contributed by atoms with Crippen molar-refractivity contribution in [1.29, 1.82) is 0 Å². The number of aromatic nitrogens is 2. The third-order valence-corrected chi connectivity index (χ3v) is 5.04. The summed E-state index contributed by atoms with van der Waals surface area (Å²) in [4.78, 5) is 15.2. The lowest BCUT2D eigenvalue weighted by Gasteiger charge is -2.20. The van der Waals surface area contributed by atoms with Crippen molar-refractivity contribution in [2.24, 2.45) is 0 Å². The van der Waals surface area contributed by atoms with Crippen molar-refractivity contribution in [3.8, 4) is 0 Å². The molecule has 3 aromatic rings. The minimum absolute atomic E-state index is 0.0658. The van der Waals surface area contributed by atoms with E-state index in [9.17, 15) is 4.79 Å². The van der Waals surface area contributed by atoms with E-state index in [0.717, 1.165) is 18.7 Å². The van der Waals surface area contributed by atoms with Crippen LogP contribution < -0.4 is 10.2 Å². The van der Waals surface area contributed by atoms with Crippen LogP contribution >= 0.6 is 0 Å². The van der Waals surface area contributed by atoms with E-state index in [4.69, 9.17) is 0 Å². The van der Waals surface area contributed by atoms with Gasteiger partial charge < -0.3 is 10.2 Å². The first kappa shape index (κ1) is 17.3. The van der Waals surface area contributed by atoms with Gasteiger partial charge in [0, 0.05) is 36.7 Å². The number of carbonyl (C=O) groups excluding carboxylic acids is 1. The highest BCUT2D eigenvalue weighted by molar-refractivity contribution is 5.94. The highest BCUT2D eigenvalue weighted by Gasteiger charge is 2.17. The Balaban J connectivity index is 1.49. The number of benzene rings is 2. The predicted octanol–water partition coefficient (Wildman–Crippen LogP) is 3.65. The lowest BCUT2D eigenvalue weighted by atomic mass is 10.1. The average Bonchev–Trinajstić information content (AvgIpc) is 3.42. The first-order valence-corrected chi connectivity index (χ1v) is 9.48. The topological polar surface area (TPSA) is 50.2 Å². The zero-order valence-corrected chi connectivity index (χ0v) is 15.3. The maximum atomic E-state index is 12.8. The van der Waals surface area contributed by atoms with E-state index in [1.54, 1.807) is 6.20 Å². The van der Waals surface area contributed by atoms with Gasteiger partial charge in [-0.25, -0.2) is 0 Å². The van der Waals surface area contributed by atoms with Gasteiger partial charge in [-0.3, -0.25) is 9.48 Å². The van der Waals surface area contributed by atoms with Gasteiger partial charge in [-0.1, -0.05) is 30.3 Å². The van der Waals surface area contributed by atoms with Crippen LogP contribution in [0.2, 0.25) is 0 Å². The molecule has 1 amide bonds. The van der Waals surface area contributed by atoms with Crippen molar-refractivity contribution in [1.82, 2.24) is 15.1 Å². The van der Waals surface area contributed by atoms with Crippen molar-refractivity contribution in [3.05, 3.63) is 84.2 Å². The Labute approximate surface area is 159 Å². The van der Waals surface area contributed by atoms with Gasteiger partial charge in [0.15, 0.2) is 0 Å². The third kappa shape index (κ3) is 4.19. The average molecular weight is 360 g/mol. The largest absolute Gasteiger partial charge is 0.372 e. The minimum Gasteiger partial charge on any atom is -0.372 e. The molecule has 138 valence electrons. The second-order valence-corrected chi connectivity index (χ2v) is 6.91. The summed E-state index contributed by atoms with van der Waals surface area (Å²) in [5.74, 6) is -0.0658. The molecule has 0 spiro atoms. The van der Waals surface area contributed by atoms with Crippen molar-refractivity contribution in [2.45, 2.75) is 25.4 Å². The summed E-state index contributed by atoms with van der Waals surface area (Å²) in [6, 6.07) is 19.7. The zero-order valence-electron chi connectivity index (χ0n) is 15.3. The number of nitrogens with one attached hydrogen (secondary N) is 1. The van der Waals surface area contributed by atoms with Gasteiger partial charge >= 0.3 is 0 Å². The van der Waals surface area contributed by atoms with Gasteiger partial charge in [-0.15, -0.1) is 0 Å². The molecule has 1 saturated heterocycles. The molecule has 0 aliphatic carbocycles. The molecule has 5 nitrogen and oxygen atoms in total. The van der Waals surface area contributed by atoms with Gasteiger partial charge in [0.2, 0.25) is 0 Å². The number of amides is 1. The molecule has 1 atom stereocenters. The molecule has 1 aliphatic heterocycles. The van der Waals surface area contributed by atoms with E-state index in [-0.39, 0.29) is 11.9 Å². The summed E-state index contributed by atoms with van der Waals surface area (Å²) in [5.41, 5.74) is 2.94. The Hall–Kier alpha value is -3.08. The summed E-state index contributed by atoms with van der Waals surface area (Å²) < 4.78 is 1.84. The fourth-order valence-corrected chi connectivity index (χ4v) is 3.56. The molecule has 2 heterocycles. The summed E-state index contributed by atoms with van der Waals surface area (Å²) in [5, 5.41) is 7.44. The van der Waals surface area contributed by atoms with Gasteiger partial charge in [-0.05, 0) is 48.7 Å². The van der Waals surface area contributed by atoms with E-state index >= 15 is 0 Å². The molecule has 1 fully saturated rings.